The van der Waals surface area contributed by atoms with Crippen LogP contribution in [-0.2, 0) is 10.0 Å². The van der Waals surface area contributed by atoms with Gasteiger partial charge in [-0.1, -0.05) is 37.3 Å². The second-order valence-electron chi connectivity index (χ2n) is 8.57. The SMILES string of the molecule is CCC(C)NS(=O)(=O)c1ccc(C(=O)N(CC)C2CCN(C(C)c3ccccc3)C2)cc1. The van der Waals surface area contributed by atoms with E-state index in [1.807, 2.05) is 31.7 Å². The smallest absolute Gasteiger partial charge is 0.254 e. The molecule has 3 atom stereocenters. The number of likely N-dealkylation sites (tertiary alicyclic amines) is 1. The van der Waals surface area contributed by atoms with Gasteiger partial charge in [-0.25, -0.2) is 13.1 Å². The van der Waals surface area contributed by atoms with E-state index in [1.165, 1.54) is 17.7 Å². The van der Waals surface area contributed by atoms with E-state index in [0.29, 0.717) is 24.6 Å². The van der Waals surface area contributed by atoms with Crippen molar-refractivity contribution in [2.24, 2.45) is 0 Å². The van der Waals surface area contributed by atoms with Crippen LogP contribution in [0.5, 0.6) is 0 Å². The van der Waals surface area contributed by atoms with Crippen LogP contribution < -0.4 is 4.72 Å². The summed E-state index contributed by atoms with van der Waals surface area (Å²) in [7, 11) is -3.58. The molecule has 0 aromatic heterocycles. The standard InChI is InChI=1S/C25H35N3O3S/c1-5-19(3)26-32(30,31)24-14-12-22(13-15-24)25(29)28(6-2)23-16-17-27(18-23)20(4)21-10-8-7-9-11-21/h7-15,19-20,23,26H,5-6,16-18H2,1-4H3. The molecule has 2 aromatic carbocycles. The minimum atomic E-state index is -3.58. The largest absolute Gasteiger partial charge is 0.335 e. The van der Waals surface area contributed by atoms with Crippen LogP contribution in [0, 0.1) is 0 Å². The van der Waals surface area contributed by atoms with Gasteiger partial charge in [0.2, 0.25) is 10.0 Å². The minimum absolute atomic E-state index is 0.0504. The Morgan fingerprint density at radius 3 is 2.34 bits per heavy atom. The Morgan fingerprint density at radius 2 is 1.75 bits per heavy atom. The highest BCUT2D eigenvalue weighted by Gasteiger charge is 2.32. The highest BCUT2D eigenvalue weighted by atomic mass is 32.2. The number of benzene rings is 2. The number of likely N-dealkylation sites (N-methyl/N-ethyl adjacent to an activating group) is 1. The summed E-state index contributed by atoms with van der Waals surface area (Å²) in [6.45, 7) is 10.4. The molecule has 6 nitrogen and oxygen atoms in total. The third kappa shape index (κ3) is 5.57. The molecule has 7 heteroatoms. The maximum Gasteiger partial charge on any atom is 0.254 e. The Kier molecular flexibility index (Phi) is 8.09. The van der Waals surface area contributed by atoms with Crippen LogP contribution in [0.25, 0.3) is 0 Å². The molecule has 0 spiro atoms. The van der Waals surface area contributed by atoms with E-state index in [2.05, 4.69) is 40.8 Å². The van der Waals surface area contributed by atoms with Gasteiger partial charge in [-0.15, -0.1) is 0 Å². The second-order valence-corrected chi connectivity index (χ2v) is 10.3. The van der Waals surface area contributed by atoms with Gasteiger partial charge in [-0.3, -0.25) is 9.69 Å². The number of rotatable bonds is 9. The van der Waals surface area contributed by atoms with Gasteiger partial charge in [0.1, 0.15) is 0 Å². The Labute approximate surface area is 192 Å². The molecule has 1 N–H and O–H groups in total. The fourth-order valence-electron chi connectivity index (χ4n) is 4.24. The quantitative estimate of drug-likeness (QED) is 0.616. The lowest BCUT2D eigenvalue weighted by atomic mass is 10.1. The number of amides is 1. The van der Waals surface area contributed by atoms with Gasteiger partial charge in [-0.05, 0) is 63.4 Å². The van der Waals surface area contributed by atoms with Crippen LogP contribution in [0.4, 0.5) is 0 Å². The lowest BCUT2D eigenvalue weighted by Gasteiger charge is -2.30. The van der Waals surface area contributed by atoms with Crippen molar-refractivity contribution in [3.8, 4) is 0 Å². The zero-order valence-electron chi connectivity index (χ0n) is 19.5. The first-order chi connectivity index (χ1) is 15.3. The van der Waals surface area contributed by atoms with E-state index in [4.69, 9.17) is 0 Å². The molecule has 2 aromatic rings. The maximum absolute atomic E-state index is 13.2. The molecule has 1 aliphatic heterocycles. The minimum Gasteiger partial charge on any atom is -0.335 e. The second kappa shape index (κ2) is 10.6. The van der Waals surface area contributed by atoms with Gasteiger partial charge in [-0.2, -0.15) is 0 Å². The van der Waals surface area contributed by atoms with E-state index in [9.17, 15) is 13.2 Å². The van der Waals surface area contributed by atoms with Gasteiger partial charge in [0.15, 0.2) is 0 Å². The molecule has 0 radical (unpaired) electrons. The number of hydrogen-bond acceptors (Lipinski definition) is 4. The Bertz CT molecular complexity index is 993. The molecule has 1 aliphatic rings. The topological polar surface area (TPSA) is 69.7 Å². The summed E-state index contributed by atoms with van der Waals surface area (Å²) in [6, 6.07) is 17.0. The van der Waals surface area contributed by atoms with Gasteiger partial charge in [0, 0.05) is 43.3 Å². The number of carbonyl (C=O) groups is 1. The average Bonchev–Trinajstić information content (AvgIpc) is 3.29. The zero-order valence-corrected chi connectivity index (χ0v) is 20.3. The van der Waals surface area contributed by atoms with E-state index >= 15 is 0 Å². The van der Waals surface area contributed by atoms with E-state index < -0.39 is 10.0 Å². The highest BCUT2D eigenvalue weighted by molar-refractivity contribution is 7.89. The van der Waals surface area contributed by atoms with Crippen molar-refractivity contribution in [1.82, 2.24) is 14.5 Å². The normalized spacial score (nSPS) is 18.9. The van der Waals surface area contributed by atoms with E-state index in [1.54, 1.807) is 12.1 Å². The van der Waals surface area contributed by atoms with Crippen molar-refractivity contribution in [2.75, 3.05) is 19.6 Å². The summed E-state index contributed by atoms with van der Waals surface area (Å²) in [5.41, 5.74) is 1.80. The predicted octanol–water partition coefficient (Wildman–Crippen LogP) is 4.06. The number of sulfonamides is 1. The first-order valence-corrected chi connectivity index (χ1v) is 13.0. The molecule has 1 heterocycles. The van der Waals surface area contributed by atoms with Crippen molar-refractivity contribution in [2.45, 2.75) is 63.6 Å². The lowest BCUT2D eigenvalue weighted by Crippen LogP contribution is -2.42. The van der Waals surface area contributed by atoms with Gasteiger partial charge in [0.05, 0.1) is 4.90 Å². The molecule has 3 rings (SSSR count). The predicted molar refractivity (Wildman–Crippen MR) is 128 cm³/mol. The van der Waals surface area contributed by atoms with E-state index in [-0.39, 0.29) is 22.9 Å². The first kappa shape index (κ1) is 24.4. The number of nitrogens with one attached hydrogen (secondary N) is 1. The Balaban J connectivity index is 1.68. The van der Waals surface area contributed by atoms with Crippen LogP contribution >= 0.6 is 0 Å². The number of hydrogen-bond donors (Lipinski definition) is 1. The van der Waals surface area contributed by atoms with Crippen molar-refractivity contribution >= 4 is 15.9 Å². The number of nitrogens with zero attached hydrogens (tertiary/aromatic N) is 2. The van der Waals surface area contributed by atoms with Crippen LogP contribution in [-0.4, -0.2) is 55.8 Å². The molecule has 0 aliphatic carbocycles. The van der Waals surface area contributed by atoms with Crippen LogP contribution in [0.1, 0.15) is 62.5 Å². The summed E-state index contributed by atoms with van der Waals surface area (Å²) in [6.07, 6.45) is 1.64. The van der Waals surface area contributed by atoms with Crippen LogP contribution in [0.2, 0.25) is 0 Å². The fourth-order valence-corrected chi connectivity index (χ4v) is 5.57. The van der Waals surface area contributed by atoms with Crippen molar-refractivity contribution in [1.29, 1.82) is 0 Å². The molecule has 0 bridgehead atoms. The molecule has 32 heavy (non-hydrogen) atoms. The zero-order chi connectivity index (χ0) is 23.3. The summed E-state index contributed by atoms with van der Waals surface area (Å²) < 4.78 is 27.6. The molecular formula is C25H35N3O3S. The molecule has 1 fully saturated rings. The third-order valence-electron chi connectivity index (χ3n) is 6.45. The molecule has 3 unspecified atom stereocenters. The van der Waals surface area contributed by atoms with Crippen molar-refractivity contribution < 1.29 is 13.2 Å². The summed E-state index contributed by atoms with van der Waals surface area (Å²) in [5, 5.41) is 0. The Hall–Kier alpha value is -2.22. The van der Waals surface area contributed by atoms with Gasteiger partial charge in [0.25, 0.3) is 5.91 Å². The first-order valence-electron chi connectivity index (χ1n) is 11.5. The maximum atomic E-state index is 13.2. The van der Waals surface area contributed by atoms with Crippen molar-refractivity contribution in [3.63, 3.8) is 0 Å². The highest BCUT2D eigenvalue weighted by Crippen LogP contribution is 2.27. The molecule has 1 amide bonds. The molecule has 174 valence electrons. The summed E-state index contributed by atoms with van der Waals surface area (Å²) in [5.74, 6) is -0.0504. The summed E-state index contributed by atoms with van der Waals surface area (Å²) >= 11 is 0. The molecule has 0 saturated carbocycles. The van der Waals surface area contributed by atoms with Crippen LogP contribution in [0.15, 0.2) is 59.5 Å². The number of carbonyl (C=O) groups excluding carboxylic acids is 1. The fraction of sp³-hybridized carbons (Fsp3) is 0.480. The van der Waals surface area contributed by atoms with Gasteiger partial charge >= 0.3 is 0 Å². The van der Waals surface area contributed by atoms with Gasteiger partial charge < -0.3 is 4.90 Å². The molecular weight excluding hydrogens is 422 g/mol. The monoisotopic (exact) mass is 457 g/mol. The lowest BCUT2D eigenvalue weighted by molar-refractivity contribution is 0.0689. The molecule has 1 saturated heterocycles. The van der Waals surface area contributed by atoms with E-state index in [0.717, 1.165) is 19.5 Å². The average molecular weight is 458 g/mol. The van der Waals surface area contributed by atoms with Crippen LogP contribution in [0.3, 0.4) is 0 Å². The summed E-state index contributed by atoms with van der Waals surface area (Å²) in [4.78, 5) is 17.8. The Morgan fingerprint density at radius 1 is 1.09 bits per heavy atom. The van der Waals surface area contributed by atoms with Crippen molar-refractivity contribution in [3.05, 3.63) is 65.7 Å². The third-order valence-corrected chi connectivity index (χ3v) is 8.05.